The molecule has 1 aromatic carbocycles. The summed E-state index contributed by atoms with van der Waals surface area (Å²) < 4.78 is 10.1. The molecule has 90 valence electrons. The molecule has 0 aromatic heterocycles. The molecular formula is C13H13ClO3. The molecule has 1 aliphatic carbocycles. The van der Waals surface area contributed by atoms with Crippen LogP contribution >= 0.6 is 11.6 Å². The van der Waals surface area contributed by atoms with Gasteiger partial charge in [-0.3, -0.25) is 0 Å². The molecule has 0 N–H and O–H groups in total. The lowest BCUT2D eigenvalue weighted by atomic mass is 10.1. The summed E-state index contributed by atoms with van der Waals surface area (Å²) in [4.78, 5) is 11.6. The van der Waals surface area contributed by atoms with Gasteiger partial charge in [-0.1, -0.05) is 11.6 Å². The highest BCUT2D eigenvalue weighted by molar-refractivity contribution is 6.32. The van der Waals surface area contributed by atoms with Crippen LogP contribution in [0.25, 0.3) is 6.08 Å². The SMILES string of the molecule is CCOC(=O)C1=Cc2cc(Cl)c(OC)cc2C1. The molecule has 2 rings (SSSR count). The molecule has 0 unspecified atom stereocenters. The number of benzene rings is 1. The van der Waals surface area contributed by atoms with Crippen LogP contribution in [0.5, 0.6) is 5.75 Å². The van der Waals surface area contributed by atoms with Gasteiger partial charge in [0.15, 0.2) is 0 Å². The molecule has 0 saturated carbocycles. The molecule has 17 heavy (non-hydrogen) atoms. The van der Waals surface area contributed by atoms with E-state index in [9.17, 15) is 4.79 Å². The summed E-state index contributed by atoms with van der Waals surface area (Å²) >= 11 is 6.03. The van der Waals surface area contributed by atoms with Gasteiger partial charge in [0.2, 0.25) is 0 Å². The zero-order valence-corrected chi connectivity index (χ0v) is 10.5. The maximum Gasteiger partial charge on any atom is 0.334 e. The Morgan fingerprint density at radius 1 is 1.47 bits per heavy atom. The van der Waals surface area contributed by atoms with Crippen molar-refractivity contribution in [2.45, 2.75) is 13.3 Å². The summed E-state index contributed by atoms with van der Waals surface area (Å²) in [5, 5.41) is 0.549. The second kappa shape index (κ2) is 4.80. The highest BCUT2D eigenvalue weighted by atomic mass is 35.5. The minimum Gasteiger partial charge on any atom is -0.495 e. The lowest BCUT2D eigenvalue weighted by molar-refractivity contribution is -0.138. The fourth-order valence-electron chi connectivity index (χ4n) is 1.85. The van der Waals surface area contributed by atoms with E-state index in [1.165, 1.54) is 0 Å². The quantitative estimate of drug-likeness (QED) is 0.776. The molecule has 3 nitrogen and oxygen atoms in total. The Morgan fingerprint density at radius 2 is 2.24 bits per heavy atom. The van der Waals surface area contributed by atoms with Crippen molar-refractivity contribution in [3.63, 3.8) is 0 Å². The van der Waals surface area contributed by atoms with Gasteiger partial charge in [-0.15, -0.1) is 0 Å². The number of carbonyl (C=O) groups excluding carboxylic acids is 1. The number of carbonyl (C=O) groups is 1. The second-order valence-electron chi connectivity index (χ2n) is 3.75. The summed E-state index contributed by atoms with van der Waals surface area (Å²) in [6.07, 6.45) is 2.39. The maximum atomic E-state index is 11.6. The fourth-order valence-corrected chi connectivity index (χ4v) is 2.10. The number of hydrogen-bond acceptors (Lipinski definition) is 3. The van der Waals surface area contributed by atoms with Crippen LogP contribution in [0.15, 0.2) is 17.7 Å². The van der Waals surface area contributed by atoms with Crippen molar-refractivity contribution in [1.82, 2.24) is 0 Å². The van der Waals surface area contributed by atoms with Crippen LogP contribution in [0.3, 0.4) is 0 Å². The predicted molar refractivity (Wildman–Crippen MR) is 66.3 cm³/mol. The van der Waals surface area contributed by atoms with Crippen molar-refractivity contribution in [2.75, 3.05) is 13.7 Å². The van der Waals surface area contributed by atoms with Gasteiger partial charge in [0.1, 0.15) is 5.75 Å². The van der Waals surface area contributed by atoms with Crippen molar-refractivity contribution < 1.29 is 14.3 Å². The van der Waals surface area contributed by atoms with Crippen LogP contribution in [0, 0.1) is 0 Å². The third-order valence-electron chi connectivity index (χ3n) is 2.66. The van der Waals surface area contributed by atoms with E-state index in [-0.39, 0.29) is 5.97 Å². The first-order chi connectivity index (χ1) is 8.15. The van der Waals surface area contributed by atoms with Crippen molar-refractivity contribution in [2.24, 2.45) is 0 Å². The summed E-state index contributed by atoms with van der Waals surface area (Å²) in [7, 11) is 1.57. The van der Waals surface area contributed by atoms with Crippen LogP contribution in [-0.4, -0.2) is 19.7 Å². The molecule has 0 bridgehead atoms. The molecule has 0 aliphatic heterocycles. The van der Waals surface area contributed by atoms with Gasteiger partial charge < -0.3 is 9.47 Å². The minimum absolute atomic E-state index is 0.265. The van der Waals surface area contributed by atoms with Gasteiger partial charge in [0.25, 0.3) is 0 Å². The lowest BCUT2D eigenvalue weighted by Crippen LogP contribution is -2.07. The van der Waals surface area contributed by atoms with E-state index in [1.54, 1.807) is 14.0 Å². The number of rotatable bonds is 3. The summed E-state index contributed by atoms with van der Waals surface area (Å²) in [6, 6.07) is 3.67. The van der Waals surface area contributed by atoms with Gasteiger partial charge >= 0.3 is 5.97 Å². The third-order valence-corrected chi connectivity index (χ3v) is 2.96. The monoisotopic (exact) mass is 252 g/mol. The van der Waals surface area contributed by atoms with E-state index in [4.69, 9.17) is 21.1 Å². The minimum atomic E-state index is -0.265. The maximum absolute atomic E-state index is 11.6. The van der Waals surface area contributed by atoms with Crippen LogP contribution < -0.4 is 4.74 Å². The zero-order chi connectivity index (χ0) is 12.4. The average Bonchev–Trinajstić information content (AvgIpc) is 2.71. The molecule has 0 fully saturated rings. The molecule has 1 aromatic rings. The Balaban J connectivity index is 2.28. The molecule has 0 amide bonds. The standard InChI is InChI=1S/C13H13ClO3/c1-3-17-13(15)10-4-8-6-11(14)12(16-2)7-9(8)5-10/h4,6-7H,3,5H2,1-2H3. The van der Waals surface area contributed by atoms with Crippen LogP contribution in [0.2, 0.25) is 5.02 Å². The first kappa shape index (κ1) is 12.0. The first-order valence-electron chi connectivity index (χ1n) is 5.39. The summed E-state index contributed by atoms with van der Waals surface area (Å²) in [5.74, 6) is 0.364. The van der Waals surface area contributed by atoms with E-state index in [2.05, 4.69) is 0 Å². The van der Waals surface area contributed by atoms with E-state index < -0.39 is 0 Å². The van der Waals surface area contributed by atoms with Gasteiger partial charge in [-0.2, -0.15) is 0 Å². The number of halogens is 1. The highest BCUT2D eigenvalue weighted by Gasteiger charge is 2.21. The highest BCUT2D eigenvalue weighted by Crippen LogP contribution is 2.34. The van der Waals surface area contributed by atoms with Gasteiger partial charge in [-0.25, -0.2) is 4.79 Å². The van der Waals surface area contributed by atoms with Gasteiger partial charge in [0, 0.05) is 12.0 Å². The Morgan fingerprint density at radius 3 is 2.88 bits per heavy atom. The first-order valence-corrected chi connectivity index (χ1v) is 5.77. The number of hydrogen-bond donors (Lipinski definition) is 0. The van der Waals surface area contributed by atoms with Gasteiger partial charge in [-0.05, 0) is 36.3 Å². The van der Waals surface area contributed by atoms with Crippen LogP contribution in [0.1, 0.15) is 18.1 Å². The number of ether oxygens (including phenoxy) is 2. The molecule has 0 radical (unpaired) electrons. The van der Waals surface area contributed by atoms with Crippen LogP contribution in [-0.2, 0) is 16.0 Å². The average molecular weight is 253 g/mol. The largest absolute Gasteiger partial charge is 0.495 e. The molecule has 0 saturated heterocycles. The van der Waals surface area contributed by atoms with Crippen molar-refractivity contribution in [3.8, 4) is 5.75 Å². The van der Waals surface area contributed by atoms with Crippen molar-refractivity contribution in [1.29, 1.82) is 0 Å². The van der Waals surface area contributed by atoms with Crippen LogP contribution in [0.4, 0.5) is 0 Å². The van der Waals surface area contributed by atoms with Gasteiger partial charge in [0.05, 0.1) is 18.7 Å². The molecule has 1 aliphatic rings. The van der Waals surface area contributed by atoms with E-state index in [1.807, 2.05) is 18.2 Å². The van der Waals surface area contributed by atoms with E-state index in [0.717, 1.165) is 11.1 Å². The third kappa shape index (κ3) is 2.29. The van der Waals surface area contributed by atoms with E-state index >= 15 is 0 Å². The summed E-state index contributed by atoms with van der Waals surface area (Å²) in [5.41, 5.74) is 2.65. The molecule has 0 atom stereocenters. The van der Waals surface area contributed by atoms with Crippen molar-refractivity contribution >= 4 is 23.6 Å². The van der Waals surface area contributed by atoms with E-state index in [0.29, 0.717) is 29.4 Å². The Labute approximate surface area is 105 Å². The molecule has 0 spiro atoms. The second-order valence-corrected chi connectivity index (χ2v) is 4.16. The number of esters is 1. The zero-order valence-electron chi connectivity index (χ0n) is 9.75. The normalized spacial score (nSPS) is 13.0. The van der Waals surface area contributed by atoms with Crippen molar-refractivity contribution in [3.05, 3.63) is 33.9 Å². The number of methoxy groups -OCH3 is 1. The molecular weight excluding hydrogens is 240 g/mol. The smallest absolute Gasteiger partial charge is 0.334 e. The lowest BCUT2D eigenvalue weighted by Gasteiger charge is -2.06. The Kier molecular flexibility index (Phi) is 3.38. The molecule has 0 heterocycles. The summed E-state index contributed by atoms with van der Waals surface area (Å²) in [6.45, 7) is 2.18. The Bertz CT molecular complexity index is 492. The molecule has 4 heteroatoms. The fraction of sp³-hybridized carbons (Fsp3) is 0.308. The number of fused-ring (bicyclic) bond motifs is 1. The Hall–Kier alpha value is -1.48. The predicted octanol–water partition coefficient (Wildman–Crippen LogP) is 2.85. The topological polar surface area (TPSA) is 35.5 Å².